The van der Waals surface area contributed by atoms with Gasteiger partial charge >= 0.3 is 0 Å². The van der Waals surface area contributed by atoms with E-state index in [1.54, 1.807) is 0 Å². The van der Waals surface area contributed by atoms with Gasteiger partial charge in [-0.1, -0.05) is 0 Å². The zero-order valence-electron chi connectivity index (χ0n) is 6.40. The van der Waals surface area contributed by atoms with E-state index in [-0.39, 0.29) is 17.8 Å². The van der Waals surface area contributed by atoms with Gasteiger partial charge in [-0.05, 0) is 31.9 Å². The Labute approximate surface area is 90.8 Å². The van der Waals surface area contributed by atoms with Crippen LogP contribution in [0.5, 0.6) is 0 Å². The maximum Gasteiger partial charge on any atom is 0.266 e. The molecular formula is C7H6Br2F2N2. The monoisotopic (exact) mass is 314 g/mol. The summed E-state index contributed by atoms with van der Waals surface area (Å²) >= 11 is 6.14. The van der Waals surface area contributed by atoms with Gasteiger partial charge in [0.25, 0.3) is 6.43 Å². The number of aromatic nitrogens is 1. The molecule has 0 aromatic carbocycles. The minimum atomic E-state index is -2.57. The van der Waals surface area contributed by atoms with Gasteiger partial charge in [-0.3, -0.25) is 4.98 Å². The van der Waals surface area contributed by atoms with Crippen LogP contribution in [0.1, 0.15) is 17.7 Å². The Balaban J connectivity index is 3.32. The van der Waals surface area contributed by atoms with Crippen molar-refractivity contribution in [3.05, 3.63) is 26.4 Å². The molecule has 0 aliphatic heterocycles. The third kappa shape index (κ3) is 2.24. The van der Waals surface area contributed by atoms with E-state index in [0.29, 0.717) is 8.95 Å². The van der Waals surface area contributed by atoms with Crippen molar-refractivity contribution in [3.63, 3.8) is 0 Å². The Hall–Kier alpha value is -0.0700. The average Bonchev–Trinajstić information content (AvgIpc) is 2.08. The molecule has 0 fully saturated rings. The molecule has 13 heavy (non-hydrogen) atoms. The zero-order chi connectivity index (χ0) is 10.0. The third-order valence-electron chi connectivity index (χ3n) is 1.50. The highest BCUT2D eigenvalue weighted by Gasteiger charge is 2.18. The van der Waals surface area contributed by atoms with E-state index < -0.39 is 6.43 Å². The second-order valence-corrected chi connectivity index (χ2v) is 3.93. The van der Waals surface area contributed by atoms with E-state index in [4.69, 9.17) is 5.73 Å². The first-order chi connectivity index (χ1) is 6.07. The SMILES string of the molecule is NCc1ncc(Br)c(Br)c1C(F)F. The van der Waals surface area contributed by atoms with Crippen LogP contribution in [0.25, 0.3) is 0 Å². The average molecular weight is 316 g/mol. The highest BCUT2D eigenvalue weighted by Crippen LogP contribution is 2.34. The second kappa shape index (κ2) is 4.43. The number of nitrogens with two attached hydrogens (primary N) is 1. The fraction of sp³-hybridized carbons (Fsp3) is 0.286. The first-order valence-corrected chi connectivity index (χ1v) is 4.97. The summed E-state index contributed by atoms with van der Waals surface area (Å²) in [6, 6.07) is 0. The third-order valence-corrected chi connectivity index (χ3v) is 3.49. The van der Waals surface area contributed by atoms with E-state index in [1.807, 2.05) is 0 Å². The lowest BCUT2D eigenvalue weighted by atomic mass is 10.2. The summed E-state index contributed by atoms with van der Waals surface area (Å²) in [4.78, 5) is 3.80. The van der Waals surface area contributed by atoms with Gasteiger partial charge in [0.15, 0.2) is 0 Å². The molecule has 0 aliphatic rings. The van der Waals surface area contributed by atoms with Crippen molar-refractivity contribution in [1.29, 1.82) is 0 Å². The van der Waals surface area contributed by atoms with Crippen LogP contribution in [0.2, 0.25) is 0 Å². The molecule has 2 N–H and O–H groups in total. The number of halogens is 4. The standard InChI is InChI=1S/C7H6Br2F2N2/c8-3-2-13-4(1-12)5(6(3)9)7(10)11/h2,7H,1,12H2. The molecule has 0 atom stereocenters. The number of hydrogen-bond acceptors (Lipinski definition) is 2. The van der Waals surface area contributed by atoms with E-state index >= 15 is 0 Å². The number of rotatable bonds is 2. The van der Waals surface area contributed by atoms with Crippen LogP contribution in [-0.2, 0) is 6.54 Å². The fourth-order valence-electron chi connectivity index (χ4n) is 0.901. The van der Waals surface area contributed by atoms with E-state index in [1.165, 1.54) is 6.20 Å². The van der Waals surface area contributed by atoms with Crippen LogP contribution in [0, 0.1) is 0 Å². The van der Waals surface area contributed by atoms with Gasteiger partial charge in [0.1, 0.15) is 0 Å². The molecule has 0 saturated heterocycles. The van der Waals surface area contributed by atoms with E-state index in [2.05, 4.69) is 36.8 Å². The number of hydrogen-bond donors (Lipinski definition) is 1. The normalized spacial score (nSPS) is 10.9. The quantitative estimate of drug-likeness (QED) is 0.911. The molecule has 0 spiro atoms. The number of alkyl halides is 2. The van der Waals surface area contributed by atoms with Crippen molar-refractivity contribution in [1.82, 2.24) is 4.98 Å². The summed E-state index contributed by atoms with van der Waals surface area (Å²) in [5.41, 5.74) is 5.35. The molecule has 0 bridgehead atoms. The largest absolute Gasteiger partial charge is 0.325 e. The lowest BCUT2D eigenvalue weighted by Gasteiger charge is -2.09. The molecular weight excluding hydrogens is 310 g/mol. The molecule has 1 rings (SSSR count). The van der Waals surface area contributed by atoms with Gasteiger partial charge in [-0.15, -0.1) is 0 Å². The summed E-state index contributed by atoms with van der Waals surface area (Å²) in [5.74, 6) is 0. The van der Waals surface area contributed by atoms with Crippen molar-refractivity contribution in [2.75, 3.05) is 0 Å². The number of pyridine rings is 1. The molecule has 72 valence electrons. The van der Waals surface area contributed by atoms with Gasteiger partial charge < -0.3 is 5.73 Å². The van der Waals surface area contributed by atoms with Gasteiger partial charge in [-0.2, -0.15) is 0 Å². The highest BCUT2D eigenvalue weighted by atomic mass is 79.9. The lowest BCUT2D eigenvalue weighted by Crippen LogP contribution is -2.06. The Kier molecular flexibility index (Phi) is 3.75. The van der Waals surface area contributed by atoms with Crippen LogP contribution < -0.4 is 5.73 Å². The summed E-state index contributed by atoms with van der Waals surface area (Å²) < 4.78 is 25.8. The maximum atomic E-state index is 12.5. The molecule has 6 heteroatoms. The van der Waals surface area contributed by atoms with Crippen LogP contribution in [0.4, 0.5) is 8.78 Å². The molecule has 0 unspecified atom stereocenters. The van der Waals surface area contributed by atoms with Crippen LogP contribution in [-0.4, -0.2) is 4.98 Å². The maximum absolute atomic E-state index is 12.5. The zero-order valence-corrected chi connectivity index (χ0v) is 9.57. The molecule has 0 saturated carbocycles. The molecule has 0 amide bonds. The summed E-state index contributed by atoms with van der Waals surface area (Å²) in [6.07, 6.45) is -1.13. The van der Waals surface area contributed by atoms with E-state index in [9.17, 15) is 8.78 Å². The fourth-order valence-corrected chi connectivity index (χ4v) is 1.72. The smallest absolute Gasteiger partial charge is 0.266 e. The Bertz CT molecular complexity index is 318. The van der Waals surface area contributed by atoms with Crippen LogP contribution in [0.3, 0.4) is 0 Å². The predicted octanol–water partition coefficient (Wildman–Crippen LogP) is 3.00. The van der Waals surface area contributed by atoms with Gasteiger partial charge in [-0.25, -0.2) is 8.78 Å². The predicted molar refractivity (Wildman–Crippen MR) is 52.5 cm³/mol. The van der Waals surface area contributed by atoms with Crippen LogP contribution >= 0.6 is 31.9 Å². The molecule has 1 aromatic heterocycles. The Morgan fingerprint density at radius 1 is 1.46 bits per heavy atom. The van der Waals surface area contributed by atoms with Crippen LogP contribution in [0.15, 0.2) is 15.1 Å². The molecule has 2 nitrogen and oxygen atoms in total. The molecule has 1 heterocycles. The molecule has 0 aliphatic carbocycles. The lowest BCUT2D eigenvalue weighted by molar-refractivity contribution is 0.148. The summed E-state index contributed by atoms with van der Waals surface area (Å²) in [7, 11) is 0. The second-order valence-electron chi connectivity index (χ2n) is 2.29. The molecule has 0 radical (unpaired) electrons. The Morgan fingerprint density at radius 2 is 2.08 bits per heavy atom. The van der Waals surface area contributed by atoms with Crippen molar-refractivity contribution >= 4 is 31.9 Å². The van der Waals surface area contributed by atoms with Gasteiger partial charge in [0, 0.05) is 17.2 Å². The highest BCUT2D eigenvalue weighted by molar-refractivity contribution is 9.13. The minimum absolute atomic E-state index is 0.00551. The first kappa shape index (κ1) is 11.0. The van der Waals surface area contributed by atoms with Crippen molar-refractivity contribution < 1.29 is 8.78 Å². The summed E-state index contributed by atoms with van der Waals surface area (Å²) in [5, 5.41) is 0. The van der Waals surface area contributed by atoms with Crippen molar-refractivity contribution in [3.8, 4) is 0 Å². The first-order valence-electron chi connectivity index (χ1n) is 3.39. The van der Waals surface area contributed by atoms with Crippen molar-refractivity contribution in [2.24, 2.45) is 5.73 Å². The van der Waals surface area contributed by atoms with E-state index in [0.717, 1.165) is 0 Å². The minimum Gasteiger partial charge on any atom is -0.325 e. The molecule has 1 aromatic rings. The number of nitrogens with zero attached hydrogens (tertiary/aromatic N) is 1. The summed E-state index contributed by atoms with van der Waals surface area (Å²) in [6.45, 7) is 0.00551. The Morgan fingerprint density at radius 3 is 2.54 bits per heavy atom. The topological polar surface area (TPSA) is 38.9 Å². The van der Waals surface area contributed by atoms with Gasteiger partial charge in [0.05, 0.1) is 15.7 Å². The van der Waals surface area contributed by atoms with Gasteiger partial charge in [0.2, 0.25) is 0 Å². The van der Waals surface area contributed by atoms with Crippen molar-refractivity contribution in [2.45, 2.75) is 13.0 Å².